The van der Waals surface area contributed by atoms with Crippen LogP contribution in [0, 0.1) is 0 Å². The van der Waals surface area contributed by atoms with E-state index in [1.807, 2.05) is 12.1 Å². The molecule has 0 heterocycles. The standard InChI is InChI=1S/C24H28O4/c1-23(2)10-11-24(3,4)19-14-20(25)16(13-18(19)23)17-12-15(7-9-22(26)27)6-8-21(17)28-5/h6-9,12-14,25H,10-11H2,1-5H3,(H,26,27). The van der Waals surface area contributed by atoms with E-state index < -0.39 is 5.97 Å². The molecular weight excluding hydrogens is 352 g/mol. The summed E-state index contributed by atoms with van der Waals surface area (Å²) in [6.07, 6.45) is 4.79. The SMILES string of the molecule is COc1ccc(C=CC(=O)O)cc1-c1cc2c(cc1O)C(C)(C)CCC2(C)C. The predicted molar refractivity (Wildman–Crippen MR) is 112 cm³/mol. The Labute approximate surface area is 166 Å². The summed E-state index contributed by atoms with van der Waals surface area (Å²) in [5.41, 5.74) is 4.63. The summed E-state index contributed by atoms with van der Waals surface area (Å²) >= 11 is 0. The molecule has 0 saturated carbocycles. The molecule has 2 N–H and O–H groups in total. The highest BCUT2D eigenvalue weighted by atomic mass is 16.5. The van der Waals surface area contributed by atoms with Gasteiger partial charge in [-0.2, -0.15) is 0 Å². The molecule has 0 spiro atoms. The number of phenolic OH excluding ortho intramolecular Hbond substituents is 1. The molecule has 28 heavy (non-hydrogen) atoms. The maximum Gasteiger partial charge on any atom is 0.328 e. The van der Waals surface area contributed by atoms with Crippen molar-refractivity contribution in [3.05, 3.63) is 53.1 Å². The Morgan fingerprint density at radius 2 is 1.61 bits per heavy atom. The maximum atomic E-state index is 10.9. The van der Waals surface area contributed by atoms with Gasteiger partial charge in [0.25, 0.3) is 0 Å². The second kappa shape index (κ2) is 7.01. The first-order valence-corrected chi connectivity index (χ1v) is 9.52. The maximum absolute atomic E-state index is 10.9. The van der Waals surface area contributed by atoms with Crippen molar-refractivity contribution in [2.45, 2.75) is 51.4 Å². The zero-order valence-electron chi connectivity index (χ0n) is 17.2. The van der Waals surface area contributed by atoms with Crippen LogP contribution in [0.15, 0.2) is 36.4 Å². The molecule has 0 amide bonds. The molecule has 0 fully saturated rings. The lowest BCUT2D eigenvalue weighted by atomic mass is 9.62. The van der Waals surface area contributed by atoms with Crippen LogP contribution >= 0.6 is 0 Å². The number of aliphatic carboxylic acids is 1. The van der Waals surface area contributed by atoms with Crippen molar-refractivity contribution in [2.24, 2.45) is 0 Å². The molecule has 2 aromatic carbocycles. The molecule has 2 aromatic rings. The van der Waals surface area contributed by atoms with Crippen molar-refractivity contribution in [1.29, 1.82) is 0 Å². The summed E-state index contributed by atoms with van der Waals surface area (Å²) in [4.78, 5) is 10.8. The third-order valence-electron chi connectivity index (χ3n) is 5.90. The van der Waals surface area contributed by atoms with Crippen LogP contribution in [0.2, 0.25) is 0 Å². The van der Waals surface area contributed by atoms with Gasteiger partial charge in [-0.1, -0.05) is 33.8 Å². The Morgan fingerprint density at radius 3 is 2.18 bits per heavy atom. The van der Waals surface area contributed by atoms with Crippen LogP contribution in [0.4, 0.5) is 0 Å². The van der Waals surface area contributed by atoms with E-state index >= 15 is 0 Å². The van der Waals surface area contributed by atoms with E-state index in [0.717, 1.165) is 30.0 Å². The molecule has 0 unspecified atom stereocenters. The zero-order chi connectivity index (χ0) is 20.7. The van der Waals surface area contributed by atoms with E-state index in [2.05, 4.69) is 33.8 Å². The number of carbonyl (C=O) groups is 1. The quantitative estimate of drug-likeness (QED) is 0.686. The van der Waals surface area contributed by atoms with Crippen molar-refractivity contribution in [1.82, 2.24) is 0 Å². The molecule has 1 aliphatic carbocycles. The van der Waals surface area contributed by atoms with E-state index in [1.54, 1.807) is 19.2 Å². The molecule has 4 nitrogen and oxygen atoms in total. The van der Waals surface area contributed by atoms with Crippen LogP contribution < -0.4 is 4.74 Å². The Kier molecular flexibility index (Phi) is 5.00. The van der Waals surface area contributed by atoms with Crippen LogP contribution in [0.3, 0.4) is 0 Å². The average Bonchev–Trinajstić information content (AvgIpc) is 2.63. The Bertz CT molecular complexity index is 951. The fourth-order valence-electron chi connectivity index (χ4n) is 4.03. The number of hydrogen-bond donors (Lipinski definition) is 2. The number of hydrogen-bond acceptors (Lipinski definition) is 3. The number of rotatable bonds is 4. The van der Waals surface area contributed by atoms with E-state index in [1.165, 1.54) is 17.2 Å². The number of carboxylic acids is 1. The van der Waals surface area contributed by atoms with Gasteiger partial charge in [0.05, 0.1) is 7.11 Å². The molecule has 4 heteroatoms. The van der Waals surface area contributed by atoms with E-state index in [4.69, 9.17) is 9.84 Å². The lowest BCUT2D eigenvalue weighted by Gasteiger charge is -2.42. The van der Waals surface area contributed by atoms with Crippen LogP contribution in [-0.4, -0.2) is 23.3 Å². The largest absolute Gasteiger partial charge is 0.507 e. The average molecular weight is 380 g/mol. The summed E-state index contributed by atoms with van der Waals surface area (Å²) in [5.74, 6) is -0.157. The summed E-state index contributed by atoms with van der Waals surface area (Å²) in [7, 11) is 1.59. The normalized spacial score (nSPS) is 17.3. The summed E-state index contributed by atoms with van der Waals surface area (Å²) in [6, 6.07) is 9.41. The molecule has 0 radical (unpaired) electrons. The summed E-state index contributed by atoms with van der Waals surface area (Å²) in [6.45, 7) is 8.92. The highest BCUT2D eigenvalue weighted by Crippen LogP contribution is 2.49. The minimum Gasteiger partial charge on any atom is -0.507 e. The number of carboxylic acid groups (broad SMARTS) is 1. The monoisotopic (exact) mass is 380 g/mol. The van der Waals surface area contributed by atoms with Gasteiger partial charge in [0.1, 0.15) is 11.5 Å². The van der Waals surface area contributed by atoms with Crippen LogP contribution in [0.5, 0.6) is 11.5 Å². The fraction of sp³-hybridized carbons (Fsp3) is 0.375. The van der Waals surface area contributed by atoms with Gasteiger partial charge in [-0.3, -0.25) is 0 Å². The summed E-state index contributed by atoms with van der Waals surface area (Å²) in [5, 5.41) is 19.8. The van der Waals surface area contributed by atoms with Gasteiger partial charge in [-0.25, -0.2) is 4.79 Å². The third-order valence-corrected chi connectivity index (χ3v) is 5.90. The van der Waals surface area contributed by atoms with Crippen molar-refractivity contribution in [3.63, 3.8) is 0 Å². The Balaban J connectivity index is 2.22. The van der Waals surface area contributed by atoms with E-state index in [-0.39, 0.29) is 16.6 Å². The number of benzene rings is 2. The lowest BCUT2D eigenvalue weighted by molar-refractivity contribution is -0.131. The number of methoxy groups -OCH3 is 1. The molecule has 0 saturated heterocycles. The van der Waals surface area contributed by atoms with Crippen LogP contribution in [0.1, 0.15) is 57.2 Å². The number of ether oxygens (including phenoxy) is 1. The lowest BCUT2D eigenvalue weighted by Crippen LogP contribution is -2.33. The van der Waals surface area contributed by atoms with Gasteiger partial charge in [-0.15, -0.1) is 0 Å². The number of aromatic hydroxyl groups is 1. The van der Waals surface area contributed by atoms with Gasteiger partial charge in [0.15, 0.2) is 0 Å². The first-order valence-electron chi connectivity index (χ1n) is 9.52. The highest BCUT2D eigenvalue weighted by molar-refractivity contribution is 5.86. The van der Waals surface area contributed by atoms with Gasteiger partial charge in [0, 0.05) is 17.2 Å². The van der Waals surface area contributed by atoms with Crippen LogP contribution in [-0.2, 0) is 15.6 Å². The molecule has 0 atom stereocenters. The van der Waals surface area contributed by atoms with Gasteiger partial charge < -0.3 is 14.9 Å². The van der Waals surface area contributed by atoms with Gasteiger partial charge >= 0.3 is 5.97 Å². The topological polar surface area (TPSA) is 66.8 Å². The molecular formula is C24H28O4. The molecule has 0 bridgehead atoms. The van der Waals surface area contributed by atoms with Gasteiger partial charge in [0.2, 0.25) is 0 Å². The third kappa shape index (κ3) is 3.64. The molecule has 0 aromatic heterocycles. The number of phenols is 1. The highest BCUT2D eigenvalue weighted by Gasteiger charge is 2.38. The fourth-order valence-corrected chi connectivity index (χ4v) is 4.03. The second-order valence-electron chi connectivity index (χ2n) is 8.81. The van der Waals surface area contributed by atoms with Crippen molar-refractivity contribution < 1.29 is 19.7 Å². The van der Waals surface area contributed by atoms with Crippen molar-refractivity contribution >= 4 is 12.0 Å². The Morgan fingerprint density at radius 1 is 1.00 bits per heavy atom. The predicted octanol–water partition coefficient (Wildman–Crippen LogP) is 5.51. The number of fused-ring (bicyclic) bond motifs is 1. The van der Waals surface area contributed by atoms with Crippen molar-refractivity contribution in [2.75, 3.05) is 7.11 Å². The molecule has 1 aliphatic rings. The molecule has 3 rings (SSSR count). The summed E-state index contributed by atoms with van der Waals surface area (Å²) < 4.78 is 5.52. The minimum atomic E-state index is -1.00. The van der Waals surface area contributed by atoms with E-state index in [0.29, 0.717) is 11.3 Å². The molecule has 0 aliphatic heterocycles. The first-order chi connectivity index (χ1) is 13.0. The smallest absolute Gasteiger partial charge is 0.328 e. The second-order valence-corrected chi connectivity index (χ2v) is 8.81. The van der Waals surface area contributed by atoms with E-state index in [9.17, 15) is 9.90 Å². The van der Waals surface area contributed by atoms with Crippen LogP contribution in [0.25, 0.3) is 17.2 Å². The first kappa shape index (κ1) is 20.0. The molecule has 148 valence electrons. The minimum absolute atomic E-state index is 0.0109. The van der Waals surface area contributed by atoms with Crippen molar-refractivity contribution in [3.8, 4) is 22.6 Å². The zero-order valence-corrected chi connectivity index (χ0v) is 17.2. The Hall–Kier alpha value is -2.75. The van der Waals surface area contributed by atoms with Gasteiger partial charge in [-0.05, 0) is 70.7 Å².